The highest BCUT2D eigenvalue weighted by Crippen LogP contribution is 2.42. The number of thioether (sulfide) groups is 1. The lowest BCUT2D eigenvalue weighted by Gasteiger charge is -2.42. The number of carbonyl (C=O) groups excluding carboxylic acids is 1. The van der Waals surface area contributed by atoms with Gasteiger partial charge in [-0.05, 0) is 33.7 Å². The molecule has 1 unspecified atom stereocenters. The normalized spacial score (nSPS) is 17.2. The van der Waals surface area contributed by atoms with Gasteiger partial charge in [0, 0.05) is 33.7 Å². The zero-order valence-electron chi connectivity index (χ0n) is 19.4. The second-order valence-electron chi connectivity index (χ2n) is 8.31. The number of carbonyl (C=O) groups is 1. The highest BCUT2D eigenvalue weighted by molar-refractivity contribution is 8.13. The van der Waals surface area contributed by atoms with Gasteiger partial charge >= 0.3 is 6.09 Å². The monoisotopic (exact) mass is 484 g/mol. The number of ether oxygens (including phenoxy) is 1. The molecule has 1 saturated heterocycles. The van der Waals surface area contributed by atoms with Crippen molar-refractivity contribution in [3.05, 3.63) is 23.6 Å². The topological polar surface area (TPSA) is 73.6 Å². The minimum atomic E-state index is -0.743. The molecular weight excluding hydrogens is 455 g/mol. The lowest BCUT2D eigenvalue weighted by molar-refractivity contribution is 0.0184. The molecule has 2 heterocycles. The summed E-state index contributed by atoms with van der Waals surface area (Å²) in [5.74, 6) is -0.291. The maximum Gasteiger partial charge on any atom is 0.410 e. The summed E-state index contributed by atoms with van der Waals surface area (Å²) in [4.78, 5) is 30.4. The van der Waals surface area contributed by atoms with Gasteiger partial charge in [-0.15, -0.1) is 6.58 Å². The molecule has 2 rings (SSSR count). The van der Waals surface area contributed by atoms with Gasteiger partial charge in [0.25, 0.3) is 0 Å². The van der Waals surface area contributed by atoms with Crippen LogP contribution in [0.4, 0.5) is 26.4 Å². The van der Waals surface area contributed by atoms with E-state index >= 15 is 4.39 Å². The van der Waals surface area contributed by atoms with E-state index in [0.29, 0.717) is 36.3 Å². The third-order valence-corrected chi connectivity index (χ3v) is 5.45. The van der Waals surface area contributed by atoms with Crippen LogP contribution in [0.2, 0.25) is 5.15 Å². The summed E-state index contributed by atoms with van der Waals surface area (Å²) in [7, 11) is 3.58. The van der Waals surface area contributed by atoms with Gasteiger partial charge in [-0.25, -0.2) is 24.2 Å². The van der Waals surface area contributed by atoms with Gasteiger partial charge in [0.05, 0.1) is 6.04 Å². The molecule has 1 fully saturated rings. The Balaban J connectivity index is 2.54. The Morgan fingerprint density at radius 3 is 2.56 bits per heavy atom. The second-order valence-corrected chi connectivity index (χ2v) is 9.44. The van der Waals surface area contributed by atoms with Crippen molar-refractivity contribution >= 4 is 58.5 Å². The first-order valence-corrected chi connectivity index (χ1v) is 11.6. The fraction of sp³-hybridized carbons (Fsp3) is 0.524. The van der Waals surface area contributed by atoms with Crippen molar-refractivity contribution in [1.29, 1.82) is 0 Å². The summed E-state index contributed by atoms with van der Waals surface area (Å²) >= 11 is 7.32. The first-order valence-electron chi connectivity index (χ1n) is 9.96. The Labute approximate surface area is 198 Å². The highest BCUT2D eigenvalue weighted by Gasteiger charge is 2.35. The summed E-state index contributed by atoms with van der Waals surface area (Å²) in [6.07, 6.45) is 3.02. The number of aliphatic imine (C=N–C) groups is 2. The molecule has 0 N–H and O–H groups in total. The number of pyridine rings is 1. The Bertz CT molecular complexity index is 919. The van der Waals surface area contributed by atoms with E-state index in [2.05, 4.69) is 28.3 Å². The van der Waals surface area contributed by atoms with Crippen LogP contribution < -0.4 is 9.80 Å². The largest absolute Gasteiger partial charge is 0.444 e. The Kier molecular flexibility index (Phi) is 8.53. The van der Waals surface area contributed by atoms with E-state index in [-0.39, 0.29) is 16.9 Å². The van der Waals surface area contributed by atoms with Crippen molar-refractivity contribution in [2.24, 2.45) is 9.98 Å². The van der Waals surface area contributed by atoms with E-state index in [1.165, 1.54) is 11.8 Å². The van der Waals surface area contributed by atoms with Crippen molar-refractivity contribution in [3.8, 4) is 0 Å². The zero-order valence-corrected chi connectivity index (χ0v) is 20.9. The molecule has 176 valence electrons. The molecule has 0 radical (unpaired) electrons. The second kappa shape index (κ2) is 10.5. The lowest BCUT2D eigenvalue weighted by atomic mass is 10.1. The molecule has 0 aromatic carbocycles. The molecular formula is C21H30ClFN6O2S. The predicted molar refractivity (Wildman–Crippen MR) is 133 cm³/mol. The highest BCUT2D eigenvalue weighted by atomic mass is 35.5. The van der Waals surface area contributed by atoms with Crippen LogP contribution in [0.15, 0.2) is 22.6 Å². The van der Waals surface area contributed by atoms with Crippen molar-refractivity contribution in [2.45, 2.75) is 32.4 Å². The van der Waals surface area contributed by atoms with Crippen LogP contribution in [0.5, 0.6) is 0 Å². The van der Waals surface area contributed by atoms with Crippen LogP contribution >= 0.6 is 23.4 Å². The quantitative estimate of drug-likeness (QED) is 0.269. The number of amides is 1. The van der Waals surface area contributed by atoms with Crippen molar-refractivity contribution in [3.63, 3.8) is 0 Å². The van der Waals surface area contributed by atoms with Crippen molar-refractivity contribution < 1.29 is 13.9 Å². The maximum absolute atomic E-state index is 15.1. The molecule has 0 bridgehead atoms. The van der Waals surface area contributed by atoms with Crippen molar-refractivity contribution in [2.75, 3.05) is 49.8 Å². The number of rotatable bonds is 4. The number of aromatic nitrogens is 1. The van der Waals surface area contributed by atoms with Gasteiger partial charge in [-0.2, -0.15) is 0 Å². The smallest absolute Gasteiger partial charge is 0.410 e. The van der Waals surface area contributed by atoms with Crippen LogP contribution in [-0.4, -0.2) is 79.5 Å². The number of amidine groups is 1. The van der Waals surface area contributed by atoms with Gasteiger partial charge in [0.1, 0.15) is 17.0 Å². The van der Waals surface area contributed by atoms with Gasteiger partial charge < -0.3 is 14.5 Å². The number of hydrogen-bond donors (Lipinski definition) is 0. The summed E-state index contributed by atoms with van der Waals surface area (Å²) in [5.41, 5.74) is -0.128. The molecule has 0 aliphatic carbocycles. The third-order valence-electron chi connectivity index (χ3n) is 4.61. The molecule has 11 heteroatoms. The van der Waals surface area contributed by atoms with E-state index < -0.39 is 17.5 Å². The minimum Gasteiger partial charge on any atom is -0.444 e. The Hall–Kier alpha value is -2.33. The summed E-state index contributed by atoms with van der Waals surface area (Å²) in [5, 5.41) is 0.0122. The molecule has 32 heavy (non-hydrogen) atoms. The average Bonchev–Trinajstić information content (AvgIpc) is 2.72. The van der Waals surface area contributed by atoms with Gasteiger partial charge in [-0.3, -0.25) is 4.90 Å². The van der Waals surface area contributed by atoms with Gasteiger partial charge in [0.15, 0.2) is 22.0 Å². The van der Waals surface area contributed by atoms with E-state index in [4.69, 9.17) is 16.3 Å². The lowest BCUT2D eigenvalue weighted by Crippen LogP contribution is -2.55. The summed E-state index contributed by atoms with van der Waals surface area (Å²) < 4.78 is 20.7. The predicted octanol–water partition coefficient (Wildman–Crippen LogP) is 4.60. The standard InChI is InChI=1S/C21H30ClFN6O2S/c1-9-13-12-28(10-11-29(13)20(30)31-21(2,3)4)16-15(25-19(24-5)32-8)14(23)17(22)26-18(16)27(6)7/h9,13H,1,5,10-12H2,2-4,6-8H3. The molecule has 1 amide bonds. The zero-order chi connectivity index (χ0) is 24.2. The van der Waals surface area contributed by atoms with Crippen LogP contribution in [0.3, 0.4) is 0 Å². The minimum absolute atomic E-state index is 0.0268. The Morgan fingerprint density at radius 1 is 1.41 bits per heavy atom. The van der Waals surface area contributed by atoms with Crippen LogP contribution in [0.25, 0.3) is 0 Å². The molecule has 1 aliphatic rings. The van der Waals surface area contributed by atoms with Crippen molar-refractivity contribution in [1.82, 2.24) is 9.88 Å². The third kappa shape index (κ3) is 5.92. The SMILES string of the molecule is C=CC1CN(c2c(N(C)C)nc(Cl)c(F)c2N=C(N=C)SC)CCN1C(=O)OC(C)(C)C. The van der Waals surface area contributed by atoms with Gasteiger partial charge in [-0.1, -0.05) is 29.4 Å². The van der Waals surface area contributed by atoms with E-state index in [1.54, 1.807) is 36.2 Å². The molecule has 1 aromatic rings. The maximum atomic E-state index is 15.1. The summed E-state index contributed by atoms with van der Waals surface area (Å²) in [6, 6.07) is -0.360. The molecule has 0 spiro atoms. The average molecular weight is 485 g/mol. The molecule has 1 aromatic heterocycles. The fourth-order valence-electron chi connectivity index (χ4n) is 3.21. The molecule has 8 nitrogen and oxygen atoms in total. The molecule has 0 saturated carbocycles. The van der Waals surface area contributed by atoms with E-state index in [1.807, 2.05) is 25.7 Å². The number of anilines is 2. The first-order chi connectivity index (χ1) is 14.9. The first kappa shape index (κ1) is 25.9. The number of piperazine rings is 1. The van der Waals surface area contributed by atoms with E-state index in [0.717, 1.165) is 0 Å². The van der Waals surface area contributed by atoms with Gasteiger partial charge in [0.2, 0.25) is 0 Å². The van der Waals surface area contributed by atoms with Crippen LogP contribution in [0, 0.1) is 5.82 Å². The number of nitrogens with zero attached hydrogens (tertiary/aromatic N) is 6. The fourth-order valence-corrected chi connectivity index (χ4v) is 3.69. The number of halogens is 2. The summed E-state index contributed by atoms with van der Waals surface area (Å²) in [6.45, 7) is 13.9. The number of hydrogen-bond acceptors (Lipinski definition) is 7. The molecule has 1 atom stereocenters. The van der Waals surface area contributed by atoms with Crippen LogP contribution in [0.1, 0.15) is 20.8 Å². The Morgan fingerprint density at radius 2 is 2.06 bits per heavy atom. The molecule has 1 aliphatic heterocycles. The van der Waals surface area contributed by atoms with E-state index in [9.17, 15) is 4.79 Å². The van der Waals surface area contributed by atoms with Crippen LogP contribution in [-0.2, 0) is 4.74 Å².